The third-order valence-corrected chi connectivity index (χ3v) is 4.71. The van der Waals surface area contributed by atoms with Gasteiger partial charge in [0.15, 0.2) is 0 Å². The number of hydrogen-bond acceptors (Lipinski definition) is 4. The van der Waals surface area contributed by atoms with E-state index in [-0.39, 0.29) is 31.1 Å². The van der Waals surface area contributed by atoms with Crippen LogP contribution in [0.1, 0.15) is 38.2 Å². The third kappa shape index (κ3) is 8.25. The van der Waals surface area contributed by atoms with Crippen molar-refractivity contribution in [1.82, 2.24) is 5.32 Å². The average Bonchev–Trinajstić information content (AvgIpc) is 2.68. The summed E-state index contributed by atoms with van der Waals surface area (Å²) in [6.07, 6.45) is 0.878. The van der Waals surface area contributed by atoms with Crippen LogP contribution in [0, 0.1) is 0 Å². The molecule has 0 aliphatic carbocycles. The highest BCUT2D eigenvalue weighted by Crippen LogP contribution is 2.23. The predicted molar refractivity (Wildman–Crippen MR) is 115 cm³/mol. The Hall–Kier alpha value is -2.86. The van der Waals surface area contributed by atoms with Gasteiger partial charge in [0, 0.05) is 23.9 Å². The maximum absolute atomic E-state index is 12.2. The van der Waals surface area contributed by atoms with E-state index >= 15 is 0 Å². The summed E-state index contributed by atoms with van der Waals surface area (Å²) < 4.78 is 4.83. The van der Waals surface area contributed by atoms with Gasteiger partial charge in [-0.15, -0.1) is 0 Å². The zero-order valence-corrected chi connectivity index (χ0v) is 17.7. The van der Waals surface area contributed by atoms with Crippen LogP contribution in [0.25, 0.3) is 11.1 Å². The summed E-state index contributed by atoms with van der Waals surface area (Å²) in [5, 5.41) is 12.6. The first kappa shape index (κ1) is 23.4. The molecule has 2 aromatic rings. The molecule has 2 aromatic carbocycles. The van der Waals surface area contributed by atoms with Gasteiger partial charge in [0.25, 0.3) is 0 Å². The number of carboxylic acids is 1. The second-order valence-electron chi connectivity index (χ2n) is 6.93. The van der Waals surface area contributed by atoms with Gasteiger partial charge in [0.2, 0.25) is 5.91 Å². The lowest BCUT2D eigenvalue weighted by atomic mass is 9.99. The summed E-state index contributed by atoms with van der Waals surface area (Å²) in [4.78, 5) is 34.7. The summed E-state index contributed by atoms with van der Waals surface area (Å²) in [6.45, 7) is 2.03. The number of benzene rings is 2. The normalized spacial score (nSPS) is 11.5. The van der Waals surface area contributed by atoms with Gasteiger partial charge in [-0.05, 0) is 48.6 Å². The fourth-order valence-corrected chi connectivity index (χ4v) is 3.29. The Morgan fingerprint density at radius 2 is 1.80 bits per heavy atom. The number of rotatable bonds is 11. The number of aliphatic carboxylic acids is 1. The second-order valence-corrected chi connectivity index (χ2v) is 7.37. The molecule has 0 aromatic heterocycles. The van der Waals surface area contributed by atoms with Crippen LogP contribution in [0.3, 0.4) is 0 Å². The average molecular weight is 432 g/mol. The fourth-order valence-electron chi connectivity index (χ4n) is 3.10. The quantitative estimate of drug-likeness (QED) is 0.519. The minimum Gasteiger partial charge on any atom is -0.481 e. The van der Waals surface area contributed by atoms with Gasteiger partial charge >= 0.3 is 11.9 Å². The van der Waals surface area contributed by atoms with E-state index in [4.69, 9.17) is 16.3 Å². The topological polar surface area (TPSA) is 92.7 Å². The number of ether oxygens (including phenoxy) is 1. The lowest BCUT2D eigenvalue weighted by Gasteiger charge is -2.17. The first-order valence-electron chi connectivity index (χ1n) is 9.89. The SMILES string of the molecule is CCOC(=O)CCCC(=O)N[C@@H](CC(=O)O)Cc1ccc(-c2cccc(Cl)c2)cc1. The van der Waals surface area contributed by atoms with Crippen LogP contribution in [0.2, 0.25) is 5.02 Å². The first-order valence-corrected chi connectivity index (χ1v) is 10.3. The van der Waals surface area contributed by atoms with Crippen molar-refractivity contribution < 1.29 is 24.2 Å². The molecule has 0 radical (unpaired) electrons. The number of amides is 1. The van der Waals surface area contributed by atoms with Gasteiger partial charge in [-0.3, -0.25) is 14.4 Å². The standard InChI is InChI=1S/C23H26ClNO5/c1-2-30-23(29)8-4-7-21(26)25-20(15-22(27)28)13-16-9-11-17(12-10-16)18-5-3-6-19(24)14-18/h3,5-6,9-12,14,20H,2,4,7-8,13,15H2,1H3,(H,25,26)(H,27,28)/t20-/m1/s1. The van der Waals surface area contributed by atoms with Gasteiger partial charge in [-0.2, -0.15) is 0 Å². The zero-order chi connectivity index (χ0) is 21.9. The number of carboxylic acid groups (broad SMARTS) is 1. The Kier molecular flexibility index (Phi) is 9.35. The molecule has 7 heteroatoms. The van der Waals surface area contributed by atoms with Crippen molar-refractivity contribution in [3.8, 4) is 11.1 Å². The Balaban J connectivity index is 1.94. The number of esters is 1. The van der Waals surface area contributed by atoms with E-state index in [2.05, 4.69) is 5.32 Å². The van der Waals surface area contributed by atoms with Crippen LogP contribution in [0.5, 0.6) is 0 Å². The summed E-state index contributed by atoms with van der Waals surface area (Å²) in [5.74, 6) is -1.60. The van der Waals surface area contributed by atoms with E-state index in [0.29, 0.717) is 24.5 Å². The fraction of sp³-hybridized carbons (Fsp3) is 0.348. The maximum Gasteiger partial charge on any atom is 0.305 e. The molecule has 0 bridgehead atoms. The van der Waals surface area contributed by atoms with Crippen LogP contribution >= 0.6 is 11.6 Å². The molecule has 0 heterocycles. The van der Waals surface area contributed by atoms with E-state index in [1.54, 1.807) is 6.92 Å². The summed E-state index contributed by atoms with van der Waals surface area (Å²) in [5.41, 5.74) is 2.91. The monoisotopic (exact) mass is 431 g/mol. The Bertz CT molecular complexity index is 866. The lowest BCUT2D eigenvalue weighted by Crippen LogP contribution is -2.38. The maximum atomic E-state index is 12.2. The van der Waals surface area contributed by atoms with Crippen molar-refractivity contribution in [3.63, 3.8) is 0 Å². The van der Waals surface area contributed by atoms with Gasteiger partial charge in [-0.1, -0.05) is 48.0 Å². The zero-order valence-electron chi connectivity index (χ0n) is 16.9. The van der Waals surface area contributed by atoms with Crippen molar-refractivity contribution in [2.45, 2.75) is 45.1 Å². The molecule has 1 amide bonds. The van der Waals surface area contributed by atoms with Crippen molar-refractivity contribution in [1.29, 1.82) is 0 Å². The van der Waals surface area contributed by atoms with Crippen LogP contribution in [0.4, 0.5) is 0 Å². The summed E-state index contributed by atoms with van der Waals surface area (Å²) in [6, 6.07) is 14.7. The highest BCUT2D eigenvalue weighted by molar-refractivity contribution is 6.30. The van der Waals surface area contributed by atoms with Crippen molar-refractivity contribution >= 4 is 29.4 Å². The summed E-state index contributed by atoms with van der Waals surface area (Å²) in [7, 11) is 0. The number of carbonyl (C=O) groups is 3. The number of nitrogens with one attached hydrogen (secondary N) is 1. The molecule has 160 valence electrons. The minimum absolute atomic E-state index is 0.142. The van der Waals surface area contributed by atoms with Crippen molar-refractivity contribution in [2.24, 2.45) is 0 Å². The molecule has 2 rings (SSSR count). The van der Waals surface area contributed by atoms with E-state index in [0.717, 1.165) is 16.7 Å². The van der Waals surface area contributed by atoms with Crippen LogP contribution in [-0.2, 0) is 25.5 Å². The number of halogens is 1. The lowest BCUT2D eigenvalue weighted by molar-refractivity contribution is -0.143. The van der Waals surface area contributed by atoms with Crippen molar-refractivity contribution in [2.75, 3.05) is 6.61 Å². The molecule has 0 unspecified atom stereocenters. The molecule has 1 atom stereocenters. The first-order chi connectivity index (χ1) is 14.4. The van der Waals surface area contributed by atoms with E-state index in [1.807, 2.05) is 48.5 Å². The predicted octanol–water partition coefficient (Wildman–Crippen LogP) is 4.24. The third-order valence-electron chi connectivity index (χ3n) is 4.47. The van der Waals surface area contributed by atoms with Crippen LogP contribution in [0.15, 0.2) is 48.5 Å². The summed E-state index contributed by atoms with van der Waals surface area (Å²) >= 11 is 6.04. The molecular formula is C23H26ClNO5. The molecule has 6 nitrogen and oxygen atoms in total. The smallest absolute Gasteiger partial charge is 0.305 e. The number of hydrogen-bond donors (Lipinski definition) is 2. The van der Waals surface area contributed by atoms with Gasteiger partial charge < -0.3 is 15.2 Å². The molecule has 0 aliphatic rings. The van der Waals surface area contributed by atoms with Crippen LogP contribution < -0.4 is 5.32 Å². The largest absolute Gasteiger partial charge is 0.481 e. The van der Waals surface area contributed by atoms with Crippen molar-refractivity contribution in [3.05, 3.63) is 59.1 Å². The Morgan fingerprint density at radius 3 is 2.43 bits per heavy atom. The molecule has 0 spiro atoms. The Labute approximate surface area is 181 Å². The number of carbonyl (C=O) groups excluding carboxylic acids is 2. The van der Waals surface area contributed by atoms with E-state index in [1.165, 1.54) is 0 Å². The molecule has 0 saturated carbocycles. The minimum atomic E-state index is -0.984. The Morgan fingerprint density at radius 1 is 1.07 bits per heavy atom. The molecule has 2 N–H and O–H groups in total. The molecular weight excluding hydrogens is 406 g/mol. The van der Waals surface area contributed by atoms with Gasteiger partial charge in [0.1, 0.15) is 0 Å². The van der Waals surface area contributed by atoms with Crippen LogP contribution in [-0.4, -0.2) is 35.6 Å². The second kappa shape index (κ2) is 12.0. The van der Waals surface area contributed by atoms with Gasteiger partial charge in [-0.25, -0.2) is 0 Å². The molecule has 30 heavy (non-hydrogen) atoms. The molecule has 0 fully saturated rings. The molecule has 0 aliphatic heterocycles. The van der Waals surface area contributed by atoms with E-state index in [9.17, 15) is 19.5 Å². The highest BCUT2D eigenvalue weighted by atomic mass is 35.5. The van der Waals surface area contributed by atoms with E-state index < -0.39 is 12.0 Å². The highest BCUT2D eigenvalue weighted by Gasteiger charge is 2.17. The van der Waals surface area contributed by atoms with Gasteiger partial charge in [0.05, 0.1) is 13.0 Å². The molecule has 0 saturated heterocycles.